The number of hydrogen-bond donors (Lipinski definition) is 1. The zero-order valence-electron chi connectivity index (χ0n) is 8.30. The molecule has 0 spiro atoms. The highest BCUT2D eigenvalue weighted by Crippen LogP contribution is 2.07. The predicted octanol–water partition coefficient (Wildman–Crippen LogP) is -0.0476. The summed E-state index contributed by atoms with van der Waals surface area (Å²) in [5.41, 5.74) is 0. The lowest BCUT2D eigenvalue weighted by Gasteiger charge is -2.21. The van der Waals surface area contributed by atoms with Crippen molar-refractivity contribution >= 4 is 16.9 Å². The Morgan fingerprint density at radius 1 is 1.64 bits per heavy atom. The Kier molecular flexibility index (Phi) is 6.14. The molecule has 0 aromatic carbocycles. The lowest BCUT2D eigenvalue weighted by molar-refractivity contribution is -0.144. The fourth-order valence-electron chi connectivity index (χ4n) is 1.08. The second kappa shape index (κ2) is 6.56. The fourth-order valence-corrected chi connectivity index (χ4v) is 1.73. The quantitative estimate of drug-likeness (QED) is 0.388. The van der Waals surface area contributed by atoms with E-state index in [2.05, 4.69) is 11.3 Å². The van der Waals surface area contributed by atoms with Crippen LogP contribution in [0.2, 0.25) is 0 Å². The zero-order valence-corrected chi connectivity index (χ0v) is 9.20. The Hall–Kier alpha value is -0.880. The number of ether oxygens (including phenoxy) is 1. The number of thiol groups is 1. The van der Waals surface area contributed by atoms with Crippen molar-refractivity contribution in [2.75, 3.05) is 13.7 Å². The molecule has 0 saturated heterocycles. The summed E-state index contributed by atoms with van der Waals surface area (Å²) in [4.78, 5) is 11.2. The van der Waals surface area contributed by atoms with Crippen molar-refractivity contribution in [1.82, 2.24) is 4.31 Å². The maximum Gasteiger partial charge on any atom is 0.324 e. The van der Waals surface area contributed by atoms with E-state index in [1.807, 2.05) is 0 Å². The molecular weight excluding hydrogens is 206 g/mol. The van der Waals surface area contributed by atoms with Crippen molar-refractivity contribution in [2.45, 2.75) is 19.4 Å². The molecule has 0 radical (unpaired) electrons. The Labute approximate surface area is 85.4 Å². The standard InChI is InChI=1S/C8H15NO4S/c1-4-6-7(8(10)13-3)9(5-2)14(11)12/h4,7,14H,1,5-6H2,2-3H3/t7-/m0/s1. The van der Waals surface area contributed by atoms with Gasteiger partial charge in [0.1, 0.15) is 6.04 Å². The summed E-state index contributed by atoms with van der Waals surface area (Å²) in [6.45, 7) is 5.36. The van der Waals surface area contributed by atoms with E-state index in [-0.39, 0.29) is 13.0 Å². The molecule has 0 amide bonds. The van der Waals surface area contributed by atoms with Crippen LogP contribution in [0.1, 0.15) is 13.3 Å². The lowest BCUT2D eigenvalue weighted by atomic mass is 10.2. The number of carbonyl (C=O) groups excluding carboxylic acids is 1. The van der Waals surface area contributed by atoms with Crippen LogP contribution >= 0.6 is 0 Å². The first kappa shape index (κ1) is 13.1. The summed E-state index contributed by atoms with van der Waals surface area (Å²) >= 11 is 0. The van der Waals surface area contributed by atoms with Gasteiger partial charge >= 0.3 is 5.97 Å². The summed E-state index contributed by atoms with van der Waals surface area (Å²) < 4.78 is 27.1. The van der Waals surface area contributed by atoms with Gasteiger partial charge in [-0.2, -0.15) is 4.31 Å². The molecule has 0 aromatic heterocycles. The Balaban J connectivity index is 4.76. The third kappa shape index (κ3) is 3.47. The average molecular weight is 221 g/mol. The molecular formula is C8H15NO4S. The number of rotatable bonds is 6. The van der Waals surface area contributed by atoms with Gasteiger partial charge in [-0.15, -0.1) is 6.58 Å². The minimum Gasteiger partial charge on any atom is -0.468 e. The molecule has 82 valence electrons. The van der Waals surface area contributed by atoms with Crippen molar-refractivity contribution in [3.8, 4) is 0 Å². The first-order valence-corrected chi connectivity index (χ1v) is 5.31. The van der Waals surface area contributed by atoms with Gasteiger partial charge in [0.05, 0.1) is 7.11 Å². The smallest absolute Gasteiger partial charge is 0.324 e. The molecule has 0 fully saturated rings. The minimum atomic E-state index is -2.77. The lowest BCUT2D eigenvalue weighted by Crippen LogP contribution is -2.40. The van der Waals surface area contributed by atoms with Crippen LogP contribution < -0.4 is 0 Å². The number of esters is 1. The monoisotopic (exact) mass is 221 g/mol. The topological polar surface area (TPSA) is 63.7 Å². The molecule has 0 N–H and O–H groups in total. The van der Waals surface area contributed by atoms with E-state index in [4.69, 9.17) is 0 Å². The van der Waals surface area contributed by atoms with Crippen LogP contribution in [0.5, 0.6) is 0 Å². The normalized spacial score (nSPS) is 12.9. The minimum absolute atomic E-state index is 0.242. The molecule has 6 heteroatoms. The first-order valence-electron chi connectivity index (χ1n) is 4.18. The largest absolute Gasteiger partial charge is 0.468 e. The van der Waals surface area contributed by atoms with Gasteiger partial charge < -0.3 is 4.74 Å². The molecule has 0 saturated carbocycles. The highest BCUT2D eigenvalue weighted by atomic mass is 32.2. The van der Waals surface area contributed by atoms with Crippen molar-refractivity contribution in [3.63, 3.8) is 0 Å². The van der Waals surface area contributed by atoms with Crippen LogP contribution in [0, 0.1) is 0 Å². The Morgan fingerprint density at radius 2 is 2.21 bits per heavy atom. The van der Waals surface area contributed by atoms with Crippen molar-refractivity contribution in [1.29, 1.82) is 0 Å². The summed E-state index contributed by atoms with van der Waals surface area (Å²) in [7, 11) is -1.54. The van der Waals surface area contributed by atoms with E-state index in [0.717, 1.165) is 4.31 Å². The number of carbonyl (C=O) groups is 1. The van der Waals surface area contributed by atoms with E-state index in [1.165, 1.54) is 13.2 Å². The molecule has 0 bridgehead atoms. The molecule has 0 aromatic rings. The van der Waals surface area contributed by atoms with Crippen LogP contribution in [0.3, 0.4) is 0 Å². The van der Waals surface area contributed by atoms with E-state index in [0.29, 0.717) is 0 Å². The van der Waals surface area contributed by atoms with Gasteiger partial charge in [-0.3, -0.25) is 4.79 Å². The highest BCUT2D eigenvalue weighted by molar-refractivity contribution is 7.69. The predicted molar refractivity (Wildman–Crippen MR) is 53.3 cm³/mol. The molecule has 0 unspecified atom stereocenters. The maximum atomic E-state index is 11.2. The number of hydrogen-bond acceptors (Lipinski definition) is 4. The second-order valence-electron chi connectivity index (χ2n) is 2.56. The molecule has 1 atom stereocenters. The van der Waals surface area contributed by atoms with Crippen LogP contribution in [0.4, 0.5) is 0 Å². The molecule has 0 aliphatic rings. The van der Waals surface area contributed by atoms with Crippen molar-refractivity contribution < 1.29 is 17.9 Å². The van der Waals surface area contributed by atoms with Gasteiger partial charge in [0, 0.05) is 6.54 Å². The first-order chi connectivity index (χ1) is 6.58. The van der Waals surface area contributed by atoms with Crippen molar-refractivity contribution in [2.24, 2.45) is 0 Å². The van der Waals surface area contributed by atoms with Gasteiger partial charge in [0.25, 0.3) is 0 Å². The highest BCUT2D eigenvalue weighted by Gasteiger charge is 2.26. The molecule has 5 nitrogen and oxygen atoms in total. The number of nitrogens with zero attached hydrogens (tertiary/aromatic N) is 1. The zero-order chi connectivity index (χ0) is 11.1. The second-order valence-corrected chi connectivity index (χ2v) is 3.55. The maximum absolute atomic E-state index is 11.2. The van der Waals surface area contributed by atoms with Gasteiger partial charge in [-0.05, 0) is 6.42 Å². The van der Waals surface area contributed by atoms with E-state index in [9.17, 15) is 13.2 Å². The summed E-state index contributed by atoms with van der Waals surface area (Å²) in [6.07, 6.45) is 1.74. The van der Waals surface area contributed by atoms with Gasteiger partial charge in [-0.1, -0.05) is 13.0 Å². The molecule has 0 heterocycles. The summed E-state index contributed by atoms with van der Waals surface area (Å²) in [5, 5.41) is 0. The molecule has 0 aliphatic carbocycles. The van der Waals surface area contributed by atoms with Crippen molar-refractivity contribution in [3.05, 3.63) is 12.7 Å². The fraction of sp³-hybridized carbons (Fsp3) is 0.625. The van der Waals surface area contributed by atoms with Crippen LogP contribution in [0.25, 0.3) is 0 Å². The van der Waals surface area contributed by atoms with E-state index < -0.39 is 22.9 Å². The molecule has 0 rings (SSSR count). The van der Waals surface area contributed by atoms with E-state index >= 15 is 0 Å². The van der Waals surface area contributed by atoms with Crippen LogP contribution in [-0.4, -0.2) is 38.4 Å². The SMILES string of the molecule is C=CC[C@@H](C(=O)OC)N(CC)[SH](=O)=O. The summed E-state index contributed by atoms with van der Waals surface area (Å²) in [5.74, 6) is -0.564. The Morgan fingerprint density at radius 3 is 2.50 bits per heavy atom. The average Bonchev–Trinajstić information content (AvgIpc) is 2.16. The van der Waals surface area contributed by atoms with Crippen LogP contribution in [0.15, 0.2) is 12.7 Å². The molecule has 14 heavy (non-hydrogen) atoms. The molecule has 0 aliphatic heterocycles. The third-order valence-corrected chi connectivity index (χ3v) is 2.74. The van der Waals surface area contributed by atoms with Crippen LogP contribution in [-0.2, 0) is 20.4 Å². The summed E-state index contributed by atoms with van der Waals surface area (Å²) in [6, 6.07) is -0.788. The third-order valence-electron chi connectivity index (χ3n) is 1.76. The Bertz CT molecular complexity index is 267. The number of likely N-dealkylation sites (N-methyl/N-ethyl adjacent to an activating group) is 1. The van der Waals surface area contributed by atoms with Gasteiger partial charge in [0.2, 0.25) is 10.9 Å². The van der Waals surface area contributed by atoms with Gasteiger partial charge in [-0.25, -0.2) is 8.42 Å². The van der Waals surface area contributed by atoms with E-state index in [1.54, 1.807) is 6.92 Å². The number of methoxy groups -OCH3 is 1. The van der Waals surface area contributed by atoms with Gasteiger partial charge in [0.15, 0.2) is 0 Å².